The zero-order chi connectivity index (χ0) is 12.1. The van der Waals surface area contributed by atoms with Gasteiger partial charge in [-0.1, -0.05) is 6.07 Å². The molecule has 2 atom stereocenters. The number of carbonyl (C=O) groups excluding carboxylic acids is 1. The van der Waals surface area contributed by atoms with Gasteiger partial charge in [-0.05, 0) is 32.0 Å². The van der Waals surface area contributed by atoms with E-state index in [9.17, 15) is 4.79 Å². The number of hydrogen-bond donors (Lipinski definition) is 1. The quantitative estimate of drug-likeness (QED) is 0.802. The van der Waals surface area contributed by atoms with E-state index in [0.29, 0.717) is 13.2 Å². The zero-order valence-electron chi connectivity index (χ0n) is 10.1. The first kappa shape index (κ1) is 12.0. The molecule has 0 spiro atoms. The van der Waals surface area contributed by atoms with Crippen molar-refractivity contribution in [2.45, 2.75) is 19.3 Å². The van der Waals surface area contributed by atoms with Gasteiger partial charge in [-0.25, -0.2) is 0 Å². The Kier molecular flexibility index (Phi) is 4.09. The van der Waals surface area contributed by atoms with Gasteiger partial charge in [0.1, 0.15) is 0 Å². The number of aromatic nitrogens is 1. The van der Waals surface area contributed by atoms with Gasteiger partial charge in [-0.3, -0.25) is 9.78 Å². The molecular weight excluding hydrogens is 216 g/mol. The Morgan fingerprint density at radius 3 is 3.18 bits per heavy atom. The average Bonchev–Trinajstić information content (AvgIpc) is 2.40. The fourth-order valence-corrected chi connectivity index (χ4v) is 2.30. The number of piperidine rings is 1. The summed E-state index contributed by atoms with van der Waals surface area (Å²) in [5.74, 6) is -0.0505. The number of nitrogens with one attached hydrogen (secondary N) is 1. The highest BCUT2D eigenvalue weighted by molar-refractivity contribution is 5.74. The molecule has 17 heavy (non-hydrogen) atoms. The summed E-state index contributed by atoms with van der Waals surface area (Å²) < 4.78 is 5.13. The Bertz CT molecular complexity index is 367. The SMILES string of the molecule is CCOC(=O)[C@@H]1CNCC[C@@H]1c1ccccn1. The van der Waals surface area contributed by atoms with Crippen LogP contribution in [0.5, 0.6) is 0 Å². The molecule has 1 aliphatic rings. The van der Waals surface area contributed by atoms with Crippen LogP contribution in [-0.2, 0) is 9.53 Å². The molecule has 0 bridgehead atoms. The van der Waals surface area contributed by atoms with E-state index in [1.54, 1.807) is 6.20 Å². The number of ether oxygens (including phenoxy) is 1. The maximum Gasteiger partial charge on any atom is 0.310 e. The number of nitrogens with zero attached hydrogens (tertiary/aromatic N) is 1. The van der Waals surface area contributed by atoms with Gasteiger partial charge in [-0.15, -0.1) is 0 Å². The van der Waals surface area contributed by atoms with Crippen molar-refractivity contribution in [3.8, 4) is 0 Å². The smallest absolute Gasteiger partial charge is 0.310 e. The summed E-state index contributed by atoms with van der Waals surface area (Å²) >= 11 is 0. The summed E-state index contributed by atoms with van der Waals surface area (Å²) in [6.07, 6.45) is 2.71. The van der Waals surface area contributed by atoms with Crippen LogP contribution in [0.25, 0.3) is 0 Å². The first-order valence-corrected chi connectivity index (χ1v) is 6.11. The number of pyridine rings is 1. The van der Waals surface area contributed by atoms with Crippen molar-refractivity contribution >= 4 is 5.97 Å². The second-order valence-corrected chi connectivity index (χ2v) is 4.21. The second kappa shape index (κ2) is 5.77. The molecular formula is C13H18N2O2. The highest BCUT2D eigenvalue weighted by atomic mass is 16.5. The Balaban J connectivity index is 2.15. The maximum atomic E-state index is 11.9. The lowest BCUT2D eigenvalue weighted by molar-refractivity contribution is -0.149. The van der Waals surface area contributed by atoms with Crippen LogP contribution in [0.1, 0.15) is 25.0 Å². The lowest BCUT2D eigenvalue weighted by Crippen LogP contribution is -2.40. The summed E-state index contributed by atoms with van der Waals surface area (Å²) in [7, 11) is 0. The molecule has 0 aromatic carbocycles. The third-order valence-corrected chi connectivity index (χ3v) is 3.14. The molecule has 1 saturated heterocycles. The van der Waals surface area contributed by atoms with E-state index in [1.807, 2.05) is 25.1 Å². The number of carbonyl (C=O) groups is 1. The lowest BCUT2D eigenvalue weighted by Gasteiger charge is -2.30. The van der Waals surface area contributed by atoms with Crippen LogP contribution < -0.4 is 5.32 Å². The van der Waals surface area contributed by atoms with Gasteiger partial charge in [0.15, 0.2) is 0 Å². The van der Waals surface area contributed by atoms with E-state index < -0.39 is 0 Å². The van der Waals surface area contributed by atoms with E-state index in [-0.39, 0.29) is 17.8 Å². The van der Waals surface area contributed by atoms with Crippen LogP contribution >= 0.6 is 0 Å². The molecule has 1 aliphatic heterocycles. The summed E-state index contributed by atoms with van der Waals surface area (Å²) in [4.78, 5) is 16.3. The van der Waals surface area contributed by atoms with E-state index >= 15 is 0 Å². The first-order chi connectivity index (χ1) is 8.33. The fourth-order valence-electron chi connectivity index (χ4n) is 2.30. The molecule has 1 fully saturated rings. The van der Waals surface area contributed by atoms with Gasteiger partial charge < -0.3 is 10.1 Å². The van der Waals surface area contributed by atoms with Crippen molar-refractivity contribution < 1.29 is 9.53 Å². The van der Waals surface area contributed by atoms with Crippen molar-refractivity contribution in [2.24, 2.45) is 5.92 Å². The molecule has 2 rings (SSSR count). The third-order valence-electron chi connectivity index (χ3n) is 3.14. The van der Waals surface area contributed by atoms with Crippen LogP contribution in [0.15, 0.2) is 24.4 Å². The molecule has 1 aromatic rings. The maximum absolute atomic E-state index is 11.9. The minimum Gasteiger partial charge on any atom is -0.466 e. The van der Waals surface area contributed by atoms with Crippen molar-refractivity contribution in [2.75, 3.05) is 19.7 Å². The van der Waals surface area contributed by atoms with E-state index in [2.05, 4.69) is 10.3 Å². The number of rotatable bonds is 3. The molecule has 2 heterocycles. The predicted molar refractivity (Wildman–Crippen MR) is 64.6 cm³/mol. The predicted octanol–water partition coefficient (Wildman–Crippen LogP) is 1.34. The summed E-state index contributed by atoms with van der Waals surface area (Å²) in [6.45, 7) is 3.88. The molecule has 4 nitrogen and oxygen atoms in total. The van der Waals surface area contributed by atoms with Crippen LogP contribution in [-0.4, -0.2) is 30.6 Å². The summed E-state index contributed by atoms with van der Waals surface area (Å²) in [5, 5.41) is 3.25. The standard InChI is InChI=1S/C13H18N2O2/c1-2-17-13(16)11-9-14-8-6-10(11)12-5-3-4-7-15-12/h3-5,7,10-11,14H,2,6,8-9H2,1H3/t10-,11+/m0/s1. The van der Waals surface area contributed by atoms with Gasteiger partial charge in [0, 0.05) is 24.4 Å². The summed E-state index contributed by atoms with van der Waals surface area (Å²) in [5.41, 5.74) is 0.993. The van der Waals surface area contributed by atoms with Gasteiger partial charge in [0.2, 0.25) is 0 Å². The Morgan fingerprint density at radius 1 is 1.59 bits per heavy atom. The minimum atomic E-state index is -0.115. The molecule has 0 saturated carbocycles. The van der Waals surface area contributed by atoms with Gasteiger partial charge >= 0.3 is 5.97 Å². The van der Waals surface area contributed by atoms with E-state index in [0.717, 1.165) is 18.7 Å². The minimum absolute atomic E-state index is 0.112. The molecule has 1 aromatic heterocycles. The van der Waals surface area contributed by atoms with Crippen molar-refractivity contribution in [3.05, 3.63) is 30.1 Å². The lowest BCUT2D eigenvalue weighted by atomic mass is 9.83. The molecule has 4 heteroatoms. The normalized spacial score (nSPS) is 24.3. The van der Waals surface area contributed by atoms with Gasteiger partial charge in [0.05, 0.1) is 12.5 Å². The molecule has 0 unspecified atom stereocenters. The molecule has 0 aliphatic carbocycles. The Hall–Kier alpha value is -1.42. The summed E-state index contributed by atoms with van der Waals surface area (Å²) in [6, 6.07) is 5.85. The molecule has 0 amide bonds. The van der Waals surface area contributed by atoms with Gasteiger partial charge in [0.25, 0.3) is 0 Å². The number of hydrogen-bond acceptors (Lipinski definition) is 4. The van der Waals surface area contributed by atoms with Crippen molar-refractivity contribution in [1.29, 1.82) is 0 Å². The highest BCUT2D eigenvalue weighted by Gasteiger charge is 2.33. The van der Waals surface area contributed by atoms with Crippen LogP contribution in [0.4, 0.5) is 0 Å². The van der Waals surface area contributed by atoms with Crippen LogP contribution in [0, 0.1) is 5.92 Å². The van der Waals surface area contributed by atoms with E-state index in [4.69, 9.17) is 4.74 Å². The molecule has 92 valence electrons. The number of esters is 1. The topological polar surface area (TPSA) is 51.2 Å². The largest absolute Gasteiger partial charge is 0.466 e. The van der Waals surface area contributed by atoms with Crippen molar-refractivity contribution in [1.82, 2.24) is 10.3 Å². The second-order valence-electron chi connectivity index (χ2n) is 4.21. The zero-order valence-corrected chi connectivity index (χ0v) is 10.1. The average molecular weight is 234 g/mol. The molecule has 0 radical (unpaired) electrons. The molecule has 1 N–H and O–H groups in total. The van der Waals surface area contributed by atoms with Crippen LogP contribution in [0.2, 0.25) is 0 Å². The Morgan fingerprint density at radius 2 is 2.47 bits per heavy atom. The monoisotopic (exact) mass is 234 g/mol. The first-order valence-electron chi connectivity index (χ1n) is 6.11. The Labute approximate surface area is 101 Å². The third kappa shape index (κ3) is 2.82. The van der Waals surface area contributed by atoms with Gasteiger partial charge in [-0.2, -0.15) is 0 Å². The van der Waals surface area contributed by atoms with Crippen molar-refractivity contribution in [3.63, 3.8) is 0 Å². The van der Waals surface area contributed by atoms with Crippen LogP contribution in [0.3, 0.4) is 0 Å². The van der Waals surface area contributed by atoms with E-state index in [1.165, 1.54) is 0 Å². The fraction of sp³-hybridized carbons (Fsp3) is 0.538. The highest BCUT2D eigenvalue weighted by Crippen LogP contribution is 2.29.